The fraction of sp³-hybridized carbons (Fsp3) is 0.700. The van der Waals surface area contributed by atoms with Gasteiger partial charge in [-0.2, -0.15) is 5.10 Å². The van der Waals surface area contributed by atoms with Gasteiger partial charge in [0.05, 0.1) is 0 Å². The Hall–Kier alpha value is -1.21. The maximum atomic E-state index is 11.6. The highest BCUT2D eigenvalue weighted by Crippen LogP contribution is 2.02. The number of nitrogens with zero attached hydrogens (tertiary/aromatic N) is 2. The zero-order chi connectivity index (χ0) is 13.1. The van der Waals surface area contributed by atoms with E-state index in [1.54, 1.807) is 4.57 Å². The molecule has 1 rings (SSSR count). The summed E-state index contributed by atoms with van der Waals surface area (Å²) in [5, 5.41) is 18.3. The van der Waals surface area contributed by atoms with Crippen molar-refractivity contribution < 1.29 is 9.90 Å². The quantitative estimate of drug-likeness (QED) is 0.696. The van der Waals surface area contributed by atoms with Crippen LogP contribution in [-0.2, 0) is 17.9 Å². The predicted octanol–water partition coefficient (Wildman–Crippen LogP) is 0.738. The van der Waals surface area contributed by atoms with Gasteiger partial charge in [0.2, 0.25) is 5.91 Å². The normalized spacial score (nSPS) is 11.5. The summed E-state index contributed by atoms with van der Waals surface area (Å²) in [6, 6.07) is 0. The molecule has 0 bridgehead atoms. The van der Waals surface area contributed by atoms with E-state index in [1.165, 1.54) is 0 Å². The number of carbonyl (C=O) groups is 1. The topological polar surface area (TPSA) is 82.9 Å². The largest absolute Gasteiger partial charge is 0.388 e. The Bertz CT molecular complexity index is 444. The van der Waals surface area contributed by atoms with E-state index in [4.69, 9.17) is 17.3 Å². The average molecular weight is 258 g/mol. The number of hydrogen-bond donors (Lipinski definition) is 3. The van der Waals surface area contributed by atoms with Crippen LogP contribution < -0.4 is 5.32 Å². The SMILES string of the molecule is CC(C)(C)NC(=O)CCn1c(CO)n[nH]c1=S. The van der Waals surface area contributed by atoms with Gasteiger partial charge in [0.1, 0.15) is 6.61 Å². The molecule has 0 aromatic carbocycles. The lowest BCUT2D eigenvalue weighted by Gasteiger charge is -2.20. The Morgan fingerprint density at radius 1 is 1.59 bits per heavy atom. The molecule has 1 aromatic heterocycles. The third-order valence-electron chi connectivity index (χ3n) is 2.06. The van der Waals surface area contributed by atoms with Crippen LogP contribution in [0.5, 0.6) is 0 Å². The number of amides is 1. The molecule has 1 heterocycles. The van der Waals surface area contributed by atoms with Crippen molar-refractivity contribution in [1.82, 2.24) is 20.1 Å². The van der Waals surface area contributed by atoms with Crippen molar-refractivity contribution >= 4 is 18.1 Å². The second-order valence-corrected chi connectivity index (χ2v) is 5.19. The standard InChI is InChI=1S/C10H18N4O2S/c1-10(2,3)11-8(16)4-5-14-7(6-15)12-13-9(14)17/h15H,4-6H2,1-3H3,(H,11,16)(H,13,17). The Labute approximate surface area is 105 Å². The van der Waals surface area contributed by atoms with Crippen molar-refractivity contribution in [3.8, 4) is 0 Å². The molecule has 1 amide bonds. The third kappa shape index (κ3) is 4.27. The maximum Gasteiger partial charge on any atom is 0.222 e. The molecule has 0 aliphatic rings. The summed E-state index contributed by atoms with van der Waals surface area (Å²) in [7, 11) is 0. The van der Waals surface area contributed by atoms with Gasteiger partial charge >= 0.3 is 0 Å². The minimum atomic E-state index is -0.241. The highest BCUT2D eigenvalue weighted by molar-refractivity contribution is 7.71. The van der Waals surface area contributed by atoms with E-state index in [9.17, 15) is 4.79 Å². The molecule has 0 fully saturated rings. The number of aromatic amines is 1. The molecule has 6 nitrogen and oxygen atoms in total. The lowest BCUT2D eigenvalue weighted by molar-refractivity contribution is -0.122. The summed E-state index contributed by atoms with van der Waals surface area (Å²) in [6.07, 6.45) is 0.304. The summed E-state index contributed by atoms with van der Waals surface area (Å²) in [5.74, 6) is 0.392. The Morgan fingerprint density at radius 2 is 2.24 bits per heavy atom. The highest BCUT2D eigenvalue weighted by atomic mass is 32.1. The van der Waals surface area contributed by atoms with Crippen molar-refractivity contribution in [2.75, 3.05) is 0 Å². The zero-order valence-corrected chi connectivity index (χ0v) is 11.1. The minimum Gasteiger partial charge on any atom is -0.388 e. The van der Waals surface area contributed by atoms with Gasteiger partial charge in [-0.1, -0.05) is 0 Å². The smallest absolute Gasteiger partial charge is 0.222 e. The van der Waals surface area contributed by atoms with E-state index >= 15 is 0 Å². The van der Waals surface area contributed by atoms with E-state index in [-0.39, 0.29) is 18.1 Å². The second-order valence-electron chi connectivity index (χ2n) is 4.80. The van der Waals surface area contributed by atoms with Crippen LogP contribution in [0.2, 0.25) is 0 Å². The Kier molecular flexibility index (Phi) is 4.41. The molecule has 7 heteroatoms. The first-order valence-corrected chi connectivity index (χ1v) is 5.80. The number of aliphatic hydroxyl groups excluding tert-OH is 1. The van der Waals surface area contributed by atoms with E-state index in [0.29, 0.717) is 23.6 Å². The summed E-state index contributed by atoms with van der Waals surface area (Å²) in [6.45, 7) is 5.98. The molecule has 0 unspecified atom stereocenters. The van der Waals surface area contributed by atoms with Gasteiger partial charge in [-0.25, -0.2) is 0 Å². The maximum absolute atomic E-state index is 11.6. The number of hydrogen-bond acceptors (Lipinski definition) is 4. The lowest BCUT2D eigenvalue weighted by atomic mass is 10.1. The average Bonchev–Trinajstić information content (AvgIpc) is 2.53. The molecule has 3 N–H and O–H groups in total. The van der Waals surface area contributed by atoms with Gasteiger partial charge in [-0.15, -0.1) is 0 Å². The van der Waals surface area contributed by atoms with Crippen LogP contribution in [0.1, 0.15) is 33.0 Å². The van der Waals surface area contributed by atoms with Crippen LogP contribution in [0.15, 0.2) is 0 Å². The molecule has 0 radical (unpaired) electrons. The van der Waals surface area contributed by atoms with Crippen molar-refractivity contribution in [1.29, 1.82) is 0 Å². The Morgan fingerprint density at radius 3 is 2.76 bits per heavy atom. The fourth-order valence-corrected chi connectivity index (χ4v) is 1.64. The molecule has 0 saturated heterocycles. The van der Waals surface area contributed by atoms with Crippen LogP contribution in [0.25, 0.3) is 0 Å². The van der Waals surface area contributed by atoms with Crippen molar-refractivity contribution in [3.63, 3.8) is 0 Å². The predicted molar refractivity (Wildman–Crippen MR) is 65.8 cm³/mol. The molecule has 0 aliphatic heterocycles. The first-order chi connectivity index (χ1) is 7.83. The Balaban J connectivity index is 2.59. The van der Waals surface area contributed by atoms with E-state index in [2.05, 4.69) is 15.5 Å². The van der Waals surface area contributed by atoms with Gasteiger partial charge in [0, 0.05) is 18.5 Å². The van der Waals surface area contributed by atoms with Gasteiger partial charge in [0.15, 0.2) is 10.6 Å². The summed E-state index contributed by atoms with van der Waals surface area (Å²) in [4.78, 5) is 11.6. The van der Waals surface area contributed by atoms with Crippen LogP contribution in [0.4, 0.5) is 0 Å². The number of nitrogens with one attached hydrogen (secondary N) is 2. The molecule has 1 aromatic rings. The van der Waals surface area contributed by atoms with Crippen LogP contribution in [0, 0.1) is 4.77 Å². The van der Waals surface area contributed by atoms with E-state index in [1.807, 2.05) is 20.8 Å². The summed E-state index contributed by atoms with van der Waals surface area (Å²) >= 11 is 5.00. The van der Waals surface area contributed by atoms with Crippen molar-refractivity contribution in [3.05, 3.63) is 10.6 Å². The first kappa shape index (κ1) is 13.9. The number of aliphatic hydroxyl groups is 1. The van der Waals surface area contributed by atoms with E-state index in [0.717, 1.165) is 0 Å². The number of H-pyrrole nitrogens is 1. The molecular weight excluding hydrogens is 240 g/mol. The fourth-order valence-electron chi connectivity index (χ4n) is 1.40. The first-order valence-electron chi connectivity index (χ1n) is 5.39. The molecule has 17 heavy (non-hydrogen) atoms. The molecule has 0 saturated carbocycles. The molecule has 0 spiro atoms. The summed E-state index contributed by atoms with van der Waals surface area (Å²) < 4.78 is 2.04. The van der Waals surface area contributed by atoms with Crippen molar-refractivity contribution in [2.45, 2.75) is 45.9 Å². The highest BCUT2D eigenvalue weighted by Gasteiger charge is 2.14. The van der Waals surface area contributed by atoms with Gasteiger partial charge < -0.3 is 15.0 Å². The third-order valence-corrected chi connectivity index (χ3v) is 2.37. The van der Waals surface area contributed by atoms with Gasteiger partial charge in [-0.3, -0.25) is 9.89 Å². The molecule has 0 atom stereocenters. The van der Waals surface area contributed by atoms with Crippen LogP contribution in [0.3, 0.4) is 0 Å². The molecule has 0 aliphatic carbocycles. The number of aromatic nitrogens is 3. The molecule has 96 valence electrons. The number of carbonyl (C=O) groups excluding carboxylic acids is 1. The molecular formula is C10H18N4O2S. The number of rotatable bonds is 4. The zero-order valence-electron chi connectivity index (χ0n) is 10.3. The lowest BCUT2D eigenvalue weighted by Crippen LogP contribution is -2.40. The van der Waals surface area contributed by atoms with Crippen LogP contribution in [-0.4, -0.2) is 31.3 Å². The van der Waals surface area contributed by atoms with Gasteiger partial charge in [0.25, 0.3) is 0 Å². The minimum absolute atomic E-state index is 0.0514. The van der Waals surface area contributed by atoms with Crippen molar-refractivity contribution in [2.24, 2.45) is 0 Å². The summed E-state index contributed by atoms with van der Waals surface area (Å²) in [5.41, 5.74) is -0.241. The second kappa shape index (κ2) is 5.42. The van der Waals surface area contributed by atoms with Crippen LogP contribution >= 0.6 is 12.2 Å². The van der Waals surface area contributed by atoms with E-state index < -0.39 is 0 Å². The monoisotopic (exact) mass is 258 g/mol. The van der Waals surface area contributed by atoms with Gasteiger partial charge in [-0.05, 0) is 33.0 Å².